The second kappa shape index (κ2) is 4.10. The van der Waals surface area contributed by atoms with Crippen LogP contribution in [0.1, 0.15) is 41.5 Å². The minimum Gasteiger partial charge on any atom is -0.378 e. The molecule has 1 nitrogen and oxygen atoms in total. The fourth-order valence-corrected chi connectivity index (χ4v) is 1.62. The van der Waals surface area contributed by atoms with Crippen LogP contribution < -0.4 is 0 Å². The van der Waals surface area contributed by atoms with Crippen molar-refractivity contribution in [3.8, 4) is 0 Å². The second-order valence-electron chi connectivity index (χ2n) is 4.49. The van der Waals surface area contributed by atoms with E-state index in [1.807, 2.05) is 0 Å². The van der Waals surface area contributed by atoms with E-state index in [2.05, 4.69) is 41.5 Å². The highest BCUT2D eigenvalue weighted by atomic mass is 16.5. The fraction of sp³-hybridized carbons (Fsp3) is 1.00. The molecular formula is C10H22O. The van der Waals surface area contributed by atoms with Gasteiger partial charge in [0.25, 0.3) is 0 Å². The van der Waals surface area contributed by atoms with Crippen LogP contribution in [0.4, 0.5) is 0 Å². The van der Waals surface area contributed by atoms with E-state index in [1.54, 1.807) is 0 Å². The third-order valence-corrected chi connectivity index (χ3v) is 1.81. The summed E-state index contributed by atoms with van der Waals surface area (Å²) in [5.74, 6) is 0.606. The summed E-state index contributed by atoms with van der Waals surface area (Å²) >= 11 is 0. The first-order chi connectivity index (χ1) is 4.89. The van der Waals surface area contributed by atoms with Gasteiger partial charge in [-0.3, -0.25) is 0 Å². The Balaban J connectivity index is 4.10. The van der Waals surface area contributed by atoms with Crippen LogP contribution in [-0.4, -0.2) is 12.7 Å². The van der Waals surface area contributed by atoms with Gasteiger partial charge in [0, 0.05) is 6.61 Å². The number of rotatable bonds is 3. The van der Waals surface area contributed by atoms with Crippen LogP contribution in [0.2, 0.25) is 0 Å². The smallest absolute Gasteiger partial charge is 0.0646 e. The van der Waals surface area contributed by atoms with Crippen molar-refractivity contribution >= 4 is 0 Å². The molecule has 0 fully saturated rings. The van der Waals surface area contributed by atoms with Gasteiger partial charge in [0.2, 0.25) is 0 Å². The third-order valence-electron chi connectivity index (χ3n) is 1.81. The maximum Gasteiger partial charge on any atom is 0.0646 e. The van der Waals surface area contributed by atoms with Crippen LogP contribution in [0.5, 0.6) is 0 Å². The lowest BCUT2D eigenvalue weighted by molar-refractivity contribution is -0.0405. The van der Waals surface area contributed by atoms with Crippen molar-refractivity contribution in [2.24, 2.45) is 11.3 Å². The Morgan fingerprint density at radius 1 is 1.18 bits per heavy atom. The first-order valence-corrected chi connectivity index (χ1v) is 4.51. The summed E-state index contributed by atoms with van der Waals surface area (Å²) in [7, 11) is 0. The van der Waals surface area contributed by atoms with Gasteiger partial charge in [0.15, 0.2) is 0 Å². The quantitative estimate of drug-likeness (QED) is 0.613. The minimum atomic E-state index is 0.268. The number of hydrogen-bond acceptors (Lipinski definition) is 1. The highest BCUT2D eigenvalue weighted by molar-refractivity contribution is 4.76. The lowest BCUT2D eigenvalue weighted by Gasteiger charge is -2.33. The van der Waals surface area contributed by atoms with Gasteiger partial charge in [-0.2, -0.15) is 0 Å². The monoisotopic (exact) mass is 158 g/mol. The molecule has 1 heteroatoms. The van der Waals surface area contributed by atoms with Gasteiger partial charge in [-0.25, -0.2) is 0 Å². The normalized spacial score (nSPS) is 15.5. The zero-order valence-electron chi connectivity index (χ0n) is 8.77. The molecule has 0 aliphatic heterocycles. The average molecular weight is 158 g/mol. The van der Waals surface area contributed by atoms with Gasteiger partial charge in [-0.1, -0.05) is 34.6 Å². The number of ether oxygens (including phenoxy) is 1. The van der Waals surface area contributed by atoms with Crippen LogP contribution in [0.25, 0.3) is 0 Å². The van der Waals surface area contributed by atoms with Gasteiger partial charge >= 0.3 is 0 Å². The summed E-state index contributed by atoms with van der Waals surface area (Å²) in [6.07, 6.45) is 0.382. The summed E-state index contributed by atoms with van der Waals surface area (Å²) in [4.78, 5) is 0. The van der Waals surface area contributed by atoms with Crippen molar-refractivity contribution in [2.75, 3.05) is 6.61 Å². The molecule has 68 valence electrons. The van der Waals surface area contributed by atoms with E-state index in [9.17, 15) is 0 Å². The van der Waals surface area contributed by atoms with Crippen molar-refractivity contribution in [3.05, 3.63) is 0 Å². The van der Waals surface area contributed by atoms with Crippen molar-refractivity contribution in [3.63, 3.8) is 0 Å². The molecule has 0 bridgehead atoms. The number of hydrogen-bond donors (Lipinski definition) is 0. The predicted octanol–water partition coefficient (Wildman–Crippen LogP) is 3.09. The molecule has 0 aromatic carbocycles. The van der Waals surface area contributed by atoms with Crippen molar-refractivity contribution in [1.82, 2.24) is 0 Å². The summed E-state index contributed by atoms with van der Waals surface area (Å²) in [5.41, 5.74) is 0.268. The summed E-state index contributed by atoms with van der Waals surface area (Å²) in [5, 5.41) is 0. The molecule has 0 saturated carbocycles. The Hall–Kier alpha value is -0.0400. The molecule has 0 aliphatic rings. The van der Waals surface area contributed by atoms with Gasteiger partial charge in [-0.15, -0.1) is 0 Å². The molecule has 0 aromatic heterocycles. The van der Waals surface area contributed by atoms with Gasteiger partial charge < -0.3 is 4.74 Å². The summed E-state index contributed by atoms with van der Waals surface area (Å²) in [6, 6.07) is 0. The standard InChI is InChI=1S/C10H22O/c1-7-11-9(8(2)3)10(4,5)6/h8-9H,7H2,1-6H3/t9-/m0/s1. The van der Waals surface area contributed by atoms with Crippen molar-refractivity contribution in [2.45, 2.75) is 47.6 Å². The summed E-state index contributed by atoms with van der Waals surface area (Å²) in [6.45, 7) is 14.0. The minimum absolute atomic E-state index is 0.268. The topological polar surface area (TPSA) is 9.23 Å². The van der Waals surface area contributed by atoms with E-state index in [1.165, 1.54) is 0 Å². The molecular weight excluding hydrogens is 136 g/mol. The molecule has 0 unspecified atom stereocenters. The Morgan fingerprint density at radius 2 is 1.64 bits per heavy atom. The van der Waals surface area contributed by atoms with E-state index < -0.39 is 0 Å². The van der Waals surface area contributed by atoms with Gasteiger partial charge in [0.05, 0.1) is 6.10 Å². The van der Waals surface area contributed by atoms with E-state index in [4.69, 9.17) is 4.74 Å². The average Bonchev–Trinajstić information content (AvgIpc) is 1.79. The fourth-order valence-electron chi connectivity index (χ4n) is 1.62. The molecule has 0 spiro atoms. The Labute approximate surface area is 71.1 Å². The highest BCUT2D eigenvalue weighted by Gasteiger charge is 2.27. The van der Waals surface area contributed by atoms with Gasteiger partial charge in [-0.05, 0) is 18.3 Å². The predicted molar refractivity (Wildman–Crippen MR) is 49.7 cm³/mol. The maximum absolute atomic E-state index is 5.67. The van der Waals surface area contributed by atoms with Crippen LogP contribution in [0, 0.1) is 11.3 Å². The van der Waals surface area contributed by atoms with E-state index in [-0.39, 0.29) is 5.41 Å². The first-order valence-electron chi connectivity index (χ1n) is 4.51. The Kier molecular flexibility index (Phi) is 4.09. The maximum atomic E-state index is 5.67. The largest absolute Gasteiger partial charge is 0.378 e. The summed E-state index contributed by atoms with van der Waals surface area (Å²) < 4.78 is 5.67. The molecule has 0 rings (SSSR count). The molecule has 0 aliphatic carbocycles. The van der Waals surface area contributed by atoms with Gasteiger partial charge in [0.1, 0.15) is 0 Å². The highest BCUT2D eigenvalue weighted by Crippen LogP contribution is 2.27. The van der Waals surface area contributed by atoms with Crippen LogP contribution in [0.15, 0.2) is 0 Å². The van der Waals surface area contributed by atoms with E-state index in [0.717, 1.165) is 6.61 Å². The van der Waals surface area contributed by atoms with Crippen LogP contribution in [-0.2, 0) is 4.74 Å². The lowest BCUT2D eigenvalue weighted by Crippen LogP contribution is -2.34. The van der Waals surface area contributed by atoms with Crippen molar-refractivity contribution in [1.29, 1.82) is 0 Å². The third kappa shape index (κ3) is 3.76. The Bertz CT molecular complexity index is 99.9. The second-order valence-corrected chi connectivity index (χ2v) is 4.49. The zero-order chi connectivity index (χ0) is 9.07. The lowest BCUT2D eigenvalue weighted by atomic mass is 9.82. The van der Waals surface area contributed by atoms with E-state index in [0.29, 0.717) is 12.0 Å². The van der Waals surface area contributed by atoms with Crippen LogP contribution in [0.3, 0.4) is 0 Å². The molecule has 11 heavy (non-hydrogen) atoms. The zero-order valence-corrected chi connectivity index (χ0v) is 8.77. The molecule has 0 radical (unpaired) electrons. The van der Waals surface area contributed by atoms with Crippen molar-refractivity contribution < 1.29 is 4.74 Å². The molecule has 0 heterocycles. The van der Waals surface area contributed by atoms with Crippen LogP contribution >= 0.6 is 0 Å². The molecule has 0 N–H and O–H groups in total. The first kappa shape index (κ1) is 11.0. The van der Waals surface area contributed by atoms with E-state index >= 15 is 0 Å². The molecule has 0 amide bonds. The molecule has 0 saturated heterocycles. The molecule has 1 atom stereocenters. The molecule has 0 aromatic rings. The Morgan fingerprint density at radius 3 is 1.73 bits per heavy atom. The SMILES string of the molecule is CCO[C@@H](C(C)C)C(C)(C)C.